The fraction of sp³-hybridized carbons (Fsp3) is 0.200. The van der Waals surface area contributed by atoms with Crippen molar-refractivity contribution in [3.8, 4) is 11.5 Å². The van der Waals surface area contributed by atoms with Crippen LogP contribution in [0.5, 0.6) is 11.5 Å². The van der Waals surface area contributed by atoms with Gasteiger partial charge in [-0.25, -0.2) is 0 Å². The molecule has 0 bridgehead atoms. The van der Waals surface area contributed by atoms with Gasteiger partial charge in [-0.2, -0.15) is 0 Å². The van der Waals surface area contributed by atoms with Crippen LogP contribution in [-0.4, -0.2) is 17.4 Å². The first-order valence-corrected chi connectivity index (χ1v) is 8.08. The number of ketones is 2. The Hall–Kier alpha value is -2.88. The van der Waals surface area contributed by atoms with Crippen LogP contribution in [0.4, 0.5) is 0 Å². The van der Waals surface area contributed by atoms with Crippen LogP contribution in [-0.2, 0) is 9.59 Å². The topological polar surface area (TPSA) is 52.6 Å². The summed E-state index contributed by atoms with van der Waals surface area (Å²) >= 11 is 0. The van der Waals surface area contributed by atoms with E-state index >= 15 is 0 Å². The Morgan fingerprint density at radius 3 is 2.33 bits per heavy atom. The van der Waals surface area contributed by atoms with E-state index in [1.54, 1.807) is 6.08 Å². The highest BCUT2D eigenvalue weighted by Crippen LogP contribution is 2.47. The van der Waals surface area contributed by atoms with Crippen molar-refractivity contribution in [1.82, 2.24) is 0 Å². The molecule has 0 aromatic heterocycles. The van der Waals surface area contributed by atoms with E-state index in [2.05, 4.69) is 0 Å². The van der Waals surface area contributed by atoms with Gasteiger partial charge < -0.3 is 9.47 Å². The molecule has 0 radical (unpaired) electrons. The molecule has 2 aromatic rings. The third kappa shape index (κ3) is 1.68. The minimum Gasteiger partial charge on any atom is -0.444 e. The van der Waals surface area contributed by atoms with Crippen LogP contribution in [0.2, 0.25) is 0 Å². The normalized spacial score (nSPS) is 20.8. The molecule has 24 heavy (non-hydrogen) atoms. The van der Waals surface area contributed by atoms with Crippen molar-refractivity contribution in [2.24, 2.45) is 0 Å². The summed E-state index contributed by atoms with van der Waals surface area (Å²) in [7, 11) is 0. The molecule has 0 unspecified atom stereocenters. The van der Waals surface area contributed by atoms with Gasteiger partial charge in [0.25, 0.3) is 5.79 Å². The van der Waals surface area contributed by atoms with E-state index in [1.807, 2.05) is 36.4 Å². The molecule has 0 saturated carbocycles. The van der Waals surface area contributed by atoms with Gasteiger partial charge in [0.2, 0.25) is 0 Å². The summed E-state index contributed by atoms with van der Waals surface area (Å²) in [5.74, 6) is -0.141. The minimum atomic E-state index is -1.19. The molecule has 3 aliphatic rings. The Labute approximate surface area is 138 Å². The van der Waals surface area contributed by atoms with Gasteiger partial charge in [0.05, 0.1) is 11.0 Å². The molecule has 2 aromatic carbocycles. The lowest BCUT2D eigenvalue weighted by Gasteiger charge is -2.41. The maximum absolute atomic E-state index is 12.3. The largest absolute Gasteiger partial charge is 0.444 e. The molecular weight excluding hydrogens is 304 g/mol. The van der Waals surface area contributed by atoms with Crippen molar-refractivity contribution in [3.63, 3.8) is 0 Å². The Morgan fingerprint density at radius 1 is 0.917 bits per heavy atom. The summed E-state index contributed by atoms with van der Waals surface area (Å²) in [6.07, 6.45) is 4.77. The van der Waals surface area contributed by atoms with Gasteiger partial charge >= 0.3 is 0 Å². The lowest BCUT2D eigenvalue weighted by Crippen LogP contribution is -2.48. The predicted molar refractivity (Wildman–Crippen MR) is 88.0 cm³/mol. The van der Waals surface area contributed by atoms with Crippen LogP contribution < -0.4 is 9.47 Å². The number of carbonyl (C=O) groups excluding carboxylic acids is 2. The van der Waals surface area contributed by atoms with E-state index in [9.17, 15) is 9.59 Å². The molecule has 0 atom stereocenters. The summed E-state index contributed by atoms with van der Waals surface area (Å²) in [6.45, 7) is 0. The fourth-order valence-corrected chi connectivity index (χ4v) is 3.83. The zero-order valence-electron chi connectivity index (χ0n) is 12.9. The minimum absolute atomic E-state index is 0.116. The molecule has 1 heterocycles. The van der Waals surface area contributed by atoms with Gasteiger partial charge in [0.15, 0.2) is 11.6 Å². The second kappa shape index (κ2) is 4.57. The van der Waals surface area contributed by atoms with Gasteiger partial charge in [-0.1, -0.05) is 24.3 Å². The van der Waals surface area contributed by atoms with Crippen LogP contribution in [0.3, 0.4) is 0 Å². The second-order valence-corrected chi connectivity index (χ2v) is 6.31. The molecule has 4 heteroatoms. The number of fused-ring (bicyclic) bond motifs is 1. The lowest BCUT2D eigenvalue weighted by molar-refractivity contribution is -0.122. The van der Waals surface area contributed by atoms with Crippen molar-refractivity contribution in [3.05, 3.63) is 59.7 Å². The Balaban J connectivity index is 1.74. The summed E-state index contributed by atoms with van der Waals surface area (Å²) < 4.78 is 12.5. The van der Waals surface area contributed by atoms with E-state index in [-0.39, 0.29) is 17.1 Å². The first kappa shape index (κ1) is 13.5. The van der Waals surface area contributed by atoms with E-state index < -0.39 is 5.79 Å². The number of hydrogen-bond donors (Lipinski definition) is 0. The molecular formula is C20H14O4. The molecule has 5 rings (SSSR count). The summed E-state index contributed by atoms with van der Waals surface area (Å²) in [4.78, 5) is 24.5. The lowest BCUT2D eigenvalue weighted by atomic mass is 9.80. The van der Waals surface area contributed by atoms with Gasteiger partial charge in [-0.05, 0) is 36.4 Å². The molecule has 4 nitrogen and oxygen atoms in total. The van der Waals surface area contributed by atoms with Gasteiger partial charge in [0.1, 0.15) is 11.5 Å². The smallest absolute Gasteiger partial charge is 0.295 e. The fourth-order valence-electron chi connectivity index (χ4n) is 3.83. The highest BCUT2D eigenvalue weighted by Gasteiger charge is 2.47. The third-order valence-electron chi connectivity index (χ3n) is 4.88. The van der Waals surface area contributed by atoms with Crippen molar-refractivity contribution in [2.75, 3.05) is 0 Å². The van der Waals surface area contributed by atoms with Crippen LogP contribution in [0.15, 0.2) is 59.7 Å². The quantitative estimate of drug-likeness (QED) is 0.698. The standard InChI is InChI=1S/C20H14O4/c21-14-7-3-6-13-19(14)15(22)10-11-20(13)23-16-8-1-4-12-5-2-9-17(24-20)18(12)16/h1-2,4-5,8-11H,3,6-7H2. The molecule has 118 valence electrons. The average Bonchev–Trinajstić information content (AvgIpc) is 2.59. The van der Waals surface area contributed by atoms with Gasteiger partial charge in [-0.15, -0.1) is 0 Å². The zero-order valence-corrected chi connectivity index (χ0v) is 12.9. The van der Waals surface area contributed by atoms with Crippen LogP contribution in [0.1, 0.15) is 19.3 Å². The van der Waals surface area contributed by atoms with E-state index in [0.717, 1.165) is 10.8 Å². The SMILES string of the molecule is O=C1C=CC2(Oc3cccc4cccc(c34)O2)C2=C1C(=O)CCC2. The van der Waals surface area contributed by atoms with Crippen molar-refractivity contribution >= 4 is 22.3 Å². The number of Topliss-reactive ketones (excluding diaryl/α,β-unsaturated/α-hetero) is 1. The first-order chi connectivity index (χ1) is 11.7. The van der Waals surface area contributed by atoms with E-state index in [1.165, 1.54) is 6.08 Å². The van der Waals surface area contributed by atoms with Crippen LogP contribution in [0, 0.1) is 0 Å². The van der Waals surface area contributed by atoms with Crippen LogP contribution >= 0.6 is 0 Å². The molecule has 0 saturated heterocycles. The Kier molecular flexibility index (Phi) is 2.58. The molecule has 0 N–H and O–H groups in total. The number of carbonyl (C=O) groups is 2. The van der Waals surface area contributed by atoms with Crippen molar-refractivity contribution < 1.29 is 19.1 Å². The molecule has 0 fully saturated rings. The second-order valence-electron chi connectivity index (χ2n) is 6.31. The van der Waals surface area contributed by atoms with Gasteiger partial charge in [0, 0.05) is 18.1 Å². The average molecular weight is 318 g/mol. The maximum atomic E-state index is 12.3. The molecule has 1 spiro atoms. The van der Waals surface area contributed by atoms with Crippen molar-refractivity contribution in [2.45, 2.75) is 25.0 Å². The third-order valence-corrected chi connectivity index (χ3v) is 4.88. The summed E-state index contributed by atoms with van der Waals surface area (Å²) in [5, 5.41) is 1.95. The monoisotopic (exact) mass is 318 g/mol. The first-order valence-electron chi connectivity index (χ1n) is 8.08. The number of allylic oxidation sites excluding steroid dienone is 2. The van der Waals surface area contributed by atoms with Crippen molar-refractivity contribution in [1.29, 1.82) is 0 Å². The number of hydrogen-bond acceptors (Lipinski definition) is 4. The molecule has 0 amide bonds. The number of ether oxygens (including phenoxy) is 2. The molecule has 2 aliphatic carbocycles. The van der Waals surface area contributed by atoms with E-state index in [0.29, 0.717) is 36.3 Å². The maximum Gasteiger partial charge on any atom is 0.295 e. The highest BCUT2D eigenvalue weighted by molar-refractivity contribution is 6.26. The summed E-state index contributed by atoms with van der Waals surface area (Å²) in [5.41, 5.74) is 0.896. The van der Waals surface area contributed by atoms with Gasteiger partial charge in [-0.3, -0.25) is 9.59 Å². The van der Waals surface area contributed by atoms with Crippen LogP contribution in [0.25, 0.3) is 10.8 Å². The number of benzene rings is 2. The molecule has 1 aliphatic heterocycles. The Bertz CT molecular complexity index is 940. The highest BCUT2D eigenvalue weighted by atomic mass is 16.7. The number of rotatable bonds is 0. The van der Waals surface area contributed by atoms with E-state index in [4.69, 9.17) is 9.47 Å². The zero-order chi connectivity index (χ0) is 16.3. The predicted octanol–water partition coefficient (Wildman–Crippen LogP) is 3.50. The Morgan fingerprint density at radius 2 is 1.62 bits per heavy atom. The summed E-state index contributed by atoms with van der Waals surface area (Å²) in [6, 6.07) is 11.7.